The Hall–Kier alpha value is -2.33. The molecule has 1 atom stereocenters. The predicted octanol–water partition coefficient (Wildman–Crippen LogP) is 3.84. The van der Waals surface area contributed by atoms with Gasteiger partial charge in [0.1, 0.15) is 0 Å². The standard InChI is InChI=1S/C18H17ClN2O2/c1-11(2)16-14-9-8-13(19)10-15(14)18(23)21(16)20-17(22)12-6-4-3-5-7-12/h3-11,16H,1-2H3,(H,20,22). The van der Waals surface area contributed by atoms with Crippen molar-refractivity contribution < 1.29 is 9.59 Å². The molecule has 0 saturated heterocycles. The van der Waals surface area contributed by atoms with E-state index < -0.39 is 0 Å². The first-order chi connectivity index (χ1) is 11.0. The number of hydrogen-bond acceptors (Lipinski definition) is 2. The average molecular weight is 329 g/mol. The van der Waals surface area contributed by atoms with Crippen molar-refractivity contribution in [3.05, 3.63) is 70.2 Å². The van der Waals surface area contributed by atoms with E-state index in [1.165, 1.54) is 5.01 Å². The highest BCUT2D eigenvalue weighted by Crippen LogP contribution is 2.38. The minimum Gasteiger partial charge on any atom is -0.267 e. The SMILES string of the molecule is CC(C)C1c2ccc(Cl)cc2C(=O)N1NC(=O)c1ccccc1. The second kappa shape index (κ2) is 6.05. The lowest BCUT2D eigenvalue weighted by molar-refractivity contribution is 0.0474. The van der Waals surface area contributed by atoms with E-state index in [0.29, 0.717) is 16.1 Å². The summed E-state index contributed by atoms with van der Waals surface area (Å²) in [4.78, 5) is 25.1. The Kier molecular flexibility index (Phi) is 4.09. The fraction of sp³-hybridized carbons (Fsp3) is 0.222. The summed E-state index contributed by atoms with van der Waals surface area (Å²) in [6, 6.07) is 13.9. The summed E-state index contributed by atoms with van der Waals surface area (Å²) in [6.07, 6.45) is 0. The maximum Gasteiger partial charge on any atom is 0.273 e. The van der Waals surface area contributed by atoms with Crippen molar-refractivity contribution in [2.75, 3.05) is 0 Å². The third-order valence-corrected chi connectivity index (χ3v) is 4.19. The van der Waals surface area contributed by atoms with Crippen molar-refractivity contribution in [3.8, 4) is 0 Å². The van der Waals surface area contributed by atoms with Crippen molar-refractivity contribution in [2.45, 2.75) is 19.9 Å². The van der Waals surface area contributed by atoms with Gasteiger partial charge in [-0.25, -0.2) is 5.01 Å². The molecule has 5 heteroatoms. The van der Waals surface area contributed by atoms with Gasteiger partial charge in [0.15, 0.2) is 0 Å². The molecule has 4 nitrogen and oxygen atoms in total. The summed E-state index contributed by atoms with van der Waals surface area (Å²) in [6.45, 7) is 4.03. The highest BCUT2D eigenvalue weighted by atomic mass is 35.5. The molecule has 2 aromatic rings. The van der Waals surface area contributed by atoms with Crippen molar-refractivity contribution >= 4 is 23.4 Å². The van der Waals surface area contributed by atoms with Gasteiger partial charge in [-0.15, -0.1) is 0 Å². The van der Waals surface area contributed by atoms with E-state index >= 15 is 0 Å². The molecule has 23 heavy (non-hydrogen) atoms. The number of fused-ring (bicyclic) bond motifs is 1. The third kappa shape index (κ3) is 2.82. The van der Waals surface area contributed by atoms with Gasteiger partial charge in [0.05, 0.1) is 6.04 Å². The van der Waals surface area contributed by atoms with Crippen LogP contribution in [0.1, 0.15) is 46.2 Å². The summed E-state index contributed by atoms with van der Waals surface area (Å²) in [5.41, 5.74) is 4.69. The van der Waals surface area contributed by atoms with E-state index in [1.54, 1.807) is 36.4 Å². The normalized spacial score (nSPS) is 16.6. The van der Waals surface area contributed by atoms with Gasteiger partial charge in [-0.05, 0) is 35.7 Å². The number of benzene rings is 2. The number of carbonyl (C=O) groups is 2. The molecular formula is C18H17ClN2O2. The number of nitrogens with one attached hydrogen (secondary N) is 1. The van der Waals surface area contributed by atoms with Gasteiger partial charge in [0.2, 0.25) is 0 Å². The van der Waals surface area contributed by atoms with Crippen LogP contribution < -0.4 is 5.43 Å². The molecule has 1 unspecified atom stereocenters. The molecule has 0 spiro atoms. The minimum absolute atomic E-state index is 0.150. The Morgan fingerprint density at radius 1 is 1.17 bits per heavy atom. The van der Waals surface area contributed by atoms with E-state index in [2.05, 4.69) is 5.43 Å². The topological polar surface area (TPSA) is 49.4 Å². The lowest BCUT2D eigenvalue weighted by atomic mass is 9.96. The first kappa shape index (κ1) is 15.6. The maximum absolute atomic E-state index is 12.7. The molecule has 3 rings (SSSR count). The molecule has 1 heterocycles. The smallest absolute Gasteiger partial charge is 0.267 e. The summed E-state index contributed by atoms with van der Waals surface area (Å²) >= 11 is 6.01. The second-order valence-electron chi connectivity index (χ2n) is 5.90. The monoisotopic (exact) mass is 328 g/mol. The summed E-state index contributed by atoms with van der Waals surface area (Å²) in [5, 5.41) is 1.93. The zero-order valence-corrected chi connectivity index (χ0v) is 13.7. The molecule has 0 aliphatic carbocycles. The Labute approximate surface area is 140 Å². The van der Waals surface area contributed by atoms with Crippen LogP contribution in [0.3, 0.4) is 0 Å². The predicted molar refractivity (Wildman–Crippen MR) is 89.1 cm³/mol. The van der Waals surface area contributed by atoms with Gasteiger partial charge in [0, 0.05) is 16.1 Å². The molecule has 1 aliphatic heterocycles. The molecule has 2 amide bonds. The van der Waals surface area contributed by atoms with Gasteiger partial charge >= 0.3 is 0 Å². The van der Waals surface area contributed by atoms with E-state index in [9.17, 15) is 9.59 Å². The lowest BCUT2D eigenvalue weighted by Crippen LogP contribution is -2.45. The van der Waals surface area contributed by atoms with Crippen LogP contribution in [-0.2, 0) is 0 Å². The van der Waals surface area contributed by atoms with Crippen LogP contribution in [0.15, 0.2) is 48.5 Å². The quantitative estimate of drug-likeness (QED) is 0.930. The third-order valence-electron chi connectivity index (χ3n) is 3.95. The second-order valence-corrected chi connectivity index (χ2v) is 6.34. The van der Waals surface area contributed by atoms with Crippen LogP contribution >= 0.6 is 11.6 Å². The van der Waals surface area contributed by atoms with E-state index in [1.807, 2.05) is 26.0 Å². The fourth-order valence-electron chi connectivity index (χ4n) is 2.91. The first-order valence-electron chi connectivity index (χ1n) is 7.48. The summed E-state index contributed by atoms with van der Waals surface area (Å²) < 4.78 is 0. The lowest BCUT2D eigenvalue weighted by Gasteiger charge is -2.28. The van der Waals surface area contributed by atoms with E-state index in [0.717, 1.165) is 5.56 Å². The van der Waals surface area contributed by atoms with Gasteiger partial charge < -0.3 is 0 Å². The van der Waals surface area contributed by atoms with Crippen LogP contribution in [0.4, 0.5) is 0 Å². The van der Waals surface area contributed by atoms with Crippen molar-refractivity contribution in [3.63, 3.8) is 0 Å². The Balaban J connectivity index is 1.93. The maximum atomic E-state index is 12.7. The van der Waals surface area contributed by atoms with Crippen molar-refractivity contribution in [2.24, 2.45) is 5.92 Å². The number of carbonyl (C=O) groups excluding carboxylic acids is 2. The largest absolute Gasteiger partial charge is 0.273 e. The first-order valence-corrected chi connectivity index (χ1v) is 7.86. The van der Waals surface area contributed by atoms with Crippen molar-refractivity contribution in [1.29, 1.82) is 0 Å². The molecule has 0 radical (unpaired) electrons. The van der Waals surface area contributed by atoms with Gasteiger partial charge in [0.25, 0.3) is 11.8 Å². The fourth-order valence-corrected chi connectivity index (χ4v) is 3.08. The zero-order chi connectivity index (χ0) is 16.6. The summed E-state index contributed by atoms with van der Waals surface area (Å²) in [5.74, 6) is -0.383. The number of nitrogens with zero attached hydrogens (tertiary/aromatic N) is 1. The Morgan fingerprint density at radius 3 is 2.52 bits per heavy atom. The number of hydrogen-bond donors (Lipinski definition) is 1. The molecule has 0 saturated carbocycles. The van der Waals surface area contributed by atoms with E-state index in [4.69, 9.17) is 11.6 Å². The molecule has 2 aromatic carbocycles. The van der Waals surface area contributed by atoms with Gasteiger partial charge in [-0.1, -0.05) is 49.7 Å². The van der Waals surface area contributed by atoms with Crippen LogP contribution in [0.2, 0.25) is 5.02 Å². The van der Waals surface area contributed by atoms with Crippen LogP contribution in [0.5, 0.6) is 0 Å². The van der Waals surface area contributed by atoms with Crippen LogP contribution in [0.25, 0.3) is 0 Å². The minimum atomic E-state index is -0.302. The highest BCUT2D eigenvalue weighted by molar-refractivity contribution is 6.31. The van der Waals surface area contributed by atoms with Crippen LogP contribution in [0, 0.1) is 5.92 Å². The van der Waals surface area contributed by atoms with E-state index in [-0.39, 0.29) is 23.8 Å². The van der Waals surface area contributed by atoms with Crippen LogP contribution in [-0.4, -0.2) is 16.8 Å². The molecule has 0 bridgehead atoms. The molecule has 1 aliphatic rings. The zero-order valence-electron chi connectivity index (χ0n) is 12.9. The Morgan fingerprint density at radius 2 is 1.87 bits per heavy atom. The van der Waals surface area contributed by atoms with Gasteiger partial charge in [-0.2, -0.15) is 0 Å². The average Bonchev–Trinajstić information content (AvgIpc) is 2.81. The van der Waals surface area contributed by atoms with Gasteiger partial charge in [-0.3, -0.25) is 15.0 Å². The molecule has 1 N–H and O–H groups in total. The number of hydrazine groups is 1. The molecule has 0 aromatic heterocycles. The Bertz CT molecular complexity index is 759. The number of amides is 2. The van der Waals surface area contributed by atoms with Crippen molar-refractivity contribution in [1.82, 2.24) is 10.4 Å². The summed E-state index contributed by atoms with van der Waals surface area (Å²) in [7, 11) is 0. The number of rotatable bonds is 3. The molecular weight excluding hydrogens is 312 g/mol. The highest BCUT2D eigenvalue weighted by Gasteiger charge is 2.39. The number of halogens is 1. The molecule has 0 fully saturated rings. The molecule has 118 valence electrons.